The Morgan fingerprint density at radius 3 is 2.14 bits per heavy atom. The van der Waals surface area contributed by atoms with Gasteiger partial charge in [0.2, 0.25) is 0 Å². The van der Waals surface area contributed by atoms with Gasteiger partial charge in [0.1, 0.15) is 11.5 Å². The Hall–Kier alpha value is -1.42. The summed E-state index contributed by atoms with van der Waals surface area (Å²) < 4.78 is 10.7. The third kappa shape index (κ3) is 3.62. The zero-order valence-electron chi connectivity index (χ0n) is 12.1. The molecule has 0 heterocycles. The lowest BCUT2D eigenvalue weighted by molar-refractivity contribution is 0.388. The van der Waals surface area contributed by atoms with Crippen LogP contribution in [0.5, 0.6) is 11.5 Å². The van der Waals surface area contributed by atoms with Gasteiger partial charge in [0.25, 0.3) is 0 Å². The van der Waals surface area contributed by atoms with Gasteiger partial charge in [-0.25, -0.2) is 0 Å². The monoisotopic (exact) mass is 325 g/mol. The van der Waals surface area contributed by atoms with E-state index in [1.807, 2.05) is 37.4 Å². The quantitative estimate of drug-likeness (QED) is 0.888. The molecule has 0 saturated heterocycles. The molecule has 2 rings (SSSR count). The van der Waals surface area contributed by atoms with Crippen molar-refractivity contribution >= 4 is 23.2 Å². The van der Waals surface area contributed by atoms with Crippen LogP contribution in [0.3, 0.4) is 0 Å². The first-order valence-electron chi connectivity index (χ1n) is 6.44. The van der Waals surface area contributed by atoms with Gasteiger partial charge in [-0.3, -0.25) is 0 Å². The fourth-order valence-corrected chi connectivity index (χ4v) is 2.84. The van der Waals surface area contributed by atoms with Crippen molar-refractivity contribution in [3.8, 4) is 11.5 Å². The maximum atomic E-state index is 6.10. The minimum Gasteiger partial charge on any atom is -0.497 e. The van der Waals surface area contributed by atoms with Crippen molar-refractivity contribution in [2.45, 2.75) is 6.04 Å². The van der Waals surface area contributed by atoms with Crippen LogP contribution in [0.4, 0.5) is 0 Å². The molecular formula is C16H17Cl2NO2. The van der Waals surface area contributed by atoms with Crippen molar-refractivity contribution in [1.29, 1.82) is 0 Å². The van der Waals surface area contributed by atoms with Crippen molar-refractivity contribution in [3.05, 3.63) is 57.6 Å². The van der Waals surface area contributed by atoms with E-state index in [1.54, 1.807) is 20.3 Å². The van der Waals surface area contributed by atoms with Gasteiger partial charge in [0.05, 0.1) is 20.3 Å². The Bertz CT molecular complexity index is 611. The highest BCUT2D eigenvalue weighted by Gasteiger charge is 2.18. The summed E-state index contributed by atoms with van der Waals surface area (Å²) in [7, 11) is 5.14. The Morgan fingerprint density at radius 1 is 0.952 bits per heavy atom. The molecule has 2 aromatic rings. The minimum absolute atomic E-state index is 0.0814. The van der Waals surface area contributed by atoms with Crippen LogP contribution in [-0.4, -0.2) is 21.3 Å². The van der Waals surface area contributed by atoms with Crippen molar-refractivity contribution < 1.29 is 9.47 Å². The fourth-order valence-electron chi connectivity index (χ4n) is 2.30. The molecular weight excluding hydrogens is 309 g/mol. The number of hydrogen-bond acceptors (Lipinski definition) is 3. The zero-order valence-corrected chi connectivity index (χ0v) is 13.6. The molecule has 0 spiro atoms. The van der Waals surface area contributed by atoms with Crippen LogP contribution < -0.4 is 14.8 Å². The molecule has 0 fully saturated rings. The van der Waals surface area contributed by atoms with E-state index in [-0.39, 0.29) is 6.04 Å². The number of rotatable bonds is 5. The topological polar surface area (TPSA) is 30.5 Å². The first kappa shape index (κ1) is 16.0. The molecule has 0 bridgehead atoms. The van der Waals surface area contributed by atoms with Gasteiger partial charge in [-0.1, -0.05) is 23.2 Å². The molecule has 0 aromatic heterocycles. The van der Waals surface area contributed by atoms with Crippen LogP contribution >= 0.6 is 23.2 Å². The fraction of sp³-hybridized carbons (Fsp3) is 0.250. The molecule has 1 N–H and O–H groups in total. The van der Waals surface area contributed by atoms with Gasteiger partial charge < -0.3 is 14.8 Å². The molecule has 0 radical (unpaired) electrons. The molecule has 1 atom stereocenters. The molecule has 0 aliphatic heterocycles. The molecule has 2 aromatic carbocycles. The predicted octanol–water partition coefficient (Wildman–Crippen LogP) is 4.32. The van der Waals surface area contributed by atoms with Crippen molar-refractivity contribution in [3.63, 3.8) is 0 Å². The summed E-state index contributed by atoms with van der Waals surface area (Å²) in [5, 5.41) is 4.47. The summed E-state index contributed by atoms with van der Waals surface area (Å²) in [6.07, 6.45) is 0. The Morgan fingerprint density at radius 2 is 1.62 bits per heavy atom. The molecule has 1 unspecified atom stereocenters. The van der Waals surface area contributed by atoms with Gasteiger partial charge >= 0.3 is 0 Å². The number of methoxy groups -OCH3 is 2. The van der Waals surface area contributed by atoms with Crippen LogP contribution in [0, 0.1) is 0 Å². The van der Waals surface area contributed by atoms with E-state index in [0.29, 0.717) is 10.0 Å². The highest BCUT2D eigenvalue weighted by molar-refractivity contribution is 6.34. The van der Waals surface area contributed by atoms with E-state index in [0.717, 1.165) is 22.6 Å². The largest absolute Gasteiger partial charge is 0.497 e. The van der Waals surface area contributed by atoms with Crippen molar-refractivity contribution in [2.75, 3.05) is 21.3 Å². The highest BCUT2D eigenvalue weighted by atomic mass is 35.5. The summed E-state index contributed by atoms with van der Waals surface area (Å²) in [4.78, 5) is 0. The third-order valence-electron chi connectivity index (χ3n) is 3.26. The molecule has 0 aliphatic rings. The second kappa shape index (κ2) is 7.03. The van der Waals surface area contributed by atoms with Crippen LogP contribution in [0.15, 0.2) is 36.4 Å². The zero-order chi connectivity index (χ0) is 15.4. The average Bonchev–Trinajstić information content (AvgIpc) is 2.47. The molecule has 0 aliphatic carbocycles. The molecule has 21 heavy (non-hydrogen) atoms. The molecule has 0 amide bonds. The van der Waals surface area contributed by atoms with Crippen LogP contribution in [0.2, 0.25) is 10.0 Å². The van der Waals surface area contributed by atoms with Crippen molar-refractivity contribution in [1.82, 2.24) is 5.32 Å². The maximum Gasteiger partial charge on any atom is 0.127 e. The van der Waals surface area contributed by atoms with E-state index in [1.165, 1.54) is 0 Å². The van der Waals surface area contributed by atoms with Gasteiger partial charge in [-0.05, 0) is 42.9 Å². The molecule has 0 saturated carbocycles. The van der Waals surface area contributed by atoms with E-state index >= 15 is 0 Å². The maximum absolute atomic E-state index is 6.10. The van der Waals surface area contributed by atoms with E-state index in [2.05, 4.69) is 5.32 Å². The third-order valence-corrected chi connectivity index (χ3v) is 3.69. The second-order valence-corrected chi connectivity index (χ2v) is 5.41. The van der Waals surface area contributed by atoms with Crippen molar-refractivity contribution in [2.24, 2.45) is 0 Å². The van der Waals surface area contributed by atoms with Gasteiger partial charge in [-0.2, -0.15) is 0 Å². The Kier molecular flexibility index (Phi) is 5.34. The molecule has 112 valence electrons. The Labute approximate surface area is 134 Å². The van der Waals surface area contributed by atoms with E-state index in [4.69, 9.17) is 32.7 Å². The number of nitrogens with one attached hydrogen (secondary N) is 1. The lowest BCUT2D eigenvalue weighted by atomic mass is 9.98. The number of ether oxygens (including phenoxy) is 2. The van der Waals surface area contributed by atoms with Gasteiger partial charge in [0, 0.05) is 21.7 Å². The lowest BCUT2D eigenvalue weighted by Crippen LogP contribution is -2.18. The lowest BCUT2D eigenvalue weighted by Gasteiger charge is -2.21. The number of benzene rings is 2. The van der Waals surface area contributed by atoms with E-state index < -0.39 is 0 Å². The predicted molar refractivity (Wildman–Crippen MR) is 86.9 cm³/mol. The van der Waals surface area contributed by atoms with Gasteiger partial charge in [0.15, 0.2) is 0 Å². The summed E-state index contributed by atoms with van der Waals surface area (Å²) >= 11 is 12.2. The number of hydrogen-bond donors (Lipinski definition) is 1. The van der Waals surface area contributed by atoms with Gasteiger partial charge in [-0.15, -0.1) is 0 Å². The average molecular weight is 326 g/mol. The summed E-state index contributed by atoms with van der Waals surface area (Å²) in [6, 6.07) is 11.1. The van der Waals surface area contributed by atoms with E-state index in [9.17, 15) is 0 Å². The van der Waals surface area contributed by atoms with Crippen LogP contribution in [0.1, 0.15) is 17.2 Å². The number of halogens is 2. The smallest absolute Gasteiger partial charge is 0.127 e. The highest BCUT2D eigenvalue weighted by Crippen LogP contribution is 2.34. The minimum atomic E-state index is -0.0814. The SMILES string of the molecule is CNC(c1cc(Cl)cc(Cl)c1)c1ccc(OC)cc1OC. The standard InChI is InChI=1S/C16H17Cl2NO2/c1-19-16(10-6-11(17)8-12(18)7-10)14-5-4-13(20-2)9-15(14)21-3/h4-9,16,19H,1-3H3. The molecule has 5 heteroatoms. The van der Waals surface area contributed by atoms with Crippen LogP contribution in [0.25, 0.3) is 0 Å². The second-order valence-electron chi connectivity index (χ2n) is 4.53. The Balaban J connectivity index is 2.50. The first-order valence-corrected chi connectivity index (χ1v) is 7.19. The summed E-state index contributed by atoms with van der Waals surface area (Å²) in [6.45, 7) is 0. The summed E-state index contributed by atoms with van der Waals surface area (Å²) in [5.41, 5.74) is 1.96. The molecule has 3 nitrogen and oxygen atoms in total. The normalized spacial score (nSPS) is 12.0. The van der Waals surface area contributed by atoms with Crippen LogP contribution in [-0.2, 0) is 0 Å². The first-order chi connectivity index (χ1) is 10.1. The summed E-state index contributed by atoms with van der Waals surface area (Å²) in [5.74, 6) is 1.49.